The van der Waals surface area contributed by atoms with Crippen molar-refractivity contribution < 1.29 is 67.3 Å². The van der Waals surface area contributed by atoms with Crippen LogP contribution in [0.25, 0.3) is 0 Å². The summed E-state index contributed by atoms with van der Waals surface area (Å²) in [7, 11) is 8.06. The van der Waals surface area contributed by atoms with Crippen LogP contribution < -0.4 is 26.5 Å². The minimum atomic E-state index is -1.24. The third-order valence-corrected chi connectivity index (χ3v) is 10.3. The highest BCUT2D eigenvalue weighted by molar-refractivity contribution is 6.26. The van der Waals surface area contributed by atoms with Gasteiger partial charge in [-0.1, -0.05) is 113 Å². The lowest BCUT2D eigenvalue weighted by molar-refractivity contribution is -0.152. The number of hydrazone groups is 1. The molecule has 474 valence electrons. The summed E-state index contributed by atoms with van der Waals surface area (Å²) in [6, 6.07) is 6.47. The van der Waals surface area contributed by atoms with Gasteiger partial charge in [-0.2, -0.15) is 5.10 Å². The summed E-state index contributed by atoms with van der Waals surface area (Å²) >= 11 is 0. The number of methoxy groups -OCH3 is 1. The van der Waals surface area contributed by atoms with Crippen LogP contribution in [-0.4, -0.2) is 196 Å². The number of amides is 6. The number of nitrogens with two attached hydrogens (primary N) is 1. The van der Waals surface area contributed by atoms with Crippen molar-refractivity contribution in [1.82, 2.24) is 35.7 Å². The molecule has 23 nitrogen and oxygen atoms in total. The van der Waals surface area contributed by atoms with E-state index in [1.807, 2.05) is 57.0 Å². The van der Waals surface area contributed by atoms with E-state index in [2.05, 4.69) is 83.5 Å². The van der Waals surface area contributed by atoms with Crippen molar-refractivity contribution in [3.05, 3.63) is 29.8 Å². The molecule has 2 saturated heterocycles. The number of benzene rings is 1. The number of nitrogens with zero attached hydrogens (tertiary/aromatic N) is 5. The predicted octanol–water partition coefficient (Wildman–Crippen LogP) is 5.11. The van der Waals surface area contributed by atoms with Crippen molar-refractivity contribution in [2.45, 2.75) is 173 Å². The molecular formula is C59H109N9O14. The molecule has 2 aliphatic heterocycles. The fourth-order valence-corrected chi connectivity index (χ4v) is 6.15. The van der Waals surface area contributed by atoms with Crippen LogP contribution in [0.2, 0.25) is 0 Å². The average molecular weight is 1170 g/mol. The number of Topliss-reactive ketones (excluding diaryl/α,β-unsaturated/α-hetero) is 1. The van der Waals surface area contributed by atoms with E-state index in [9.17, 15) is 53.1 Å². The van der Waals surface area contributed by atoms with Crippen molar-refractivity contribution in [3.63, 3.8) is 0 Å². The van der Waals surface area contributed by atoms with Gasteiger partial charge in [-0.15, -0.1) is 0 Å². The Labute approximate surface area is 491 Å². The zero-order valence-corrected chi connectivity index (χ0v) is 53.5. The quantitative estimate of drug-likeness (QED) is 0.0295. The number of nitrogens with one attached hydrogen (secondary N) is 3. The van der Waals surface area contributed by atoms with Crippen LogP contribution in [0.15, 0.2) is 29.4 Å². The van der Waals surface area contributed by atoms with Crippen LogP contribution in [0.5, 0.6) is 5.75 Å². The number of aryl methyl sites for hydroxylation is 1. The molecule has 6 N–H and O–H groups in total. The number of aliphatic hydroxyl groups is 1. The van der Waals surface area contributed by atoms with E-state index in [0.29, 0.717) is 37.9 Å². The second kappa shape index (κ2) is 53.8. The lowest BCUT2D eigenvalue weighted by Crippen LogP contribution is -2.52. The van der Waals surface area contributed by atoms with Gasteiger partial charge in [0.25, 0.3) is 0 Å². The highest BCUT2D eigenvalue weighted by Gasteiger charge is 2.31. The van der Waals surface area contributed by atoms with Crippen LogP contribution in [0.4, 0.5) is 0 Å². The fraction of sp³-hybridized carbons (Fsp3) is 0.712. The number of unbranched alkanes of at least 4 members (excludes halogenated alkanes) is 1. The van der Waals surface area contributed by atoms with Gasteiger partial charge in [0.05, 0.1) is 50.4 Å². The van der Waals surface area contributed by atoms with E-state index in [-0.39, 0.29) is 43.9 Å². The number of aldehydes is 1. The molecule has 1 aromatic carbocycles. The van der Waals surface area contributed by atoms with Crippen molar-refractivity contribution in [2.75, 3.05) is 87.8 Å². The summed E-state index contributed by atoms with van der Waals surface area (Å²) in [5.74, 6) is -2.79. The molecule has 0 aromatic heterocycles. The Hall–Kier alpha value is -6.49. The van der Waals surface area contributed by atoms with Gasteiger partial charge >= 0.3 is 11.9 Å². The molecule has 2 heterocycles. The Kier molecular flexibility index (Phi) is 55.3. The molecule has 4 atom stereocenters. The van der Waals surface area contributed by atoms with Gasteiger partial charge in [0.15, 0.2) is 18.7 Å². The van der Waals surface area contributed by atoms with Crippen LogP contribution in [-0.2, 0) is 57.4 Å². The molecule has 0 saturated carbocycles. The molecule has 0 radical (unpaired) electrons. The van der Waals surface area contributed by atoms with Gasteiger partial charge in [-0.05, 0) is 90.4 Å². The number of hydrogen-bond donors (Lipinski definition) is 5. The normalized spacial score (nSPS) is 14.0. The van der Waals surface area contributed by atoms with E-state index >= 15 is 0 Å². The number of carbonyl (C=O) groups excluding carboxylic acids is 10. The van der Waals surface area contributed by atoms with Crippen molar-refractivity contribution in [3.8, 4) is 5.75 Å². The van der Waals surface area contributed by atoms with Gasteiger partial charge in [0.2, 0.25) is 35.9 Å². The number of likely N-dealkylation sites (N-methyl/N-ethyl adjacent to an activating group) is 3. The van der Waals surface area contributed by atoms with Crippen LogP contribution >= 0.6 is 0 Å². The van der Waals surface area contributed by atoms with Crippen molar-refractivity contribution in [2.24, 2.45) is 28.6 Å². The minimum absolute atomic E-state index is 0.139. The maximum atomic E-state index is 12.4. The summed E-state index contributed by atoms with van der Waals surface area (Å²) < 4.78 is 14.6. The largest absolute Gasteiger partial charge is 0.497 e. The Balaban J connectivity index is -0.000000327. The molecule has 2 aliphatic rings. The number of esters is 2. The third kappa shape index (κ3) is 49.3. The molecule has 0 aliphatic carbocycles. The number of primary amides is 1. The van der Waals surface area contributed by atoms with Gasteiger partial charge < -0.3 is 55.8 Å². The molecule has 1 aromatic rings. The monoisotopic (exact) mass is 1170 g/mol. The smallest absolute Gasteiger partial charge is 0.325 e. The van der Waals surface area contributed by atoms with Crippen molar-refractivity contribution >= 4 is 65.7 Å². The van der Waals surface area contributed by atoms with Gasteiger partial charge in [0.1, 0.15) is 24.9 Å². The van der Waals surface area contributed by atoms with E-state index in [0.717, 1.165) is 67.6 Å². The first-order valence-corrected chi connectivity index (χ1v) is 28.6. The summed E-state index contributed by atoms with van der Waals surface area (Å²) in [6.07, 6.45) is 7.24. The maximum Gasteiger partial charge on any atom is 0.325 e. The zero-order valence-electron chi connectivity index (χ0n) is 53.5. The van der Waals surface area contributed by atoms with Gasteiger partial charge in [0, 0.05) is 34.2 Å². The lowest BCUT2D eigenvalue weighted by atomic mass is 10.1. The molecule has 6 amide bonds. The topological polar surface area (TPSA) is 306 Å². The van der Waals surface area contributed by atoms with Gasteiger partial charge in [-0.3, -0.25) is 52.8 Å². The standard InChI is InChI=1S/C18H30N2O6.C16H27N5O6.C8H10O.C4H8N2O.2C4H10.C3H8.C2H6/c1-3-4-7-14(21)10-17(24)26-12-15(22)13(2)18(25)19-11-16(23)20-8-5-6-9-20;1-19(10-22)8-14(24)27-9-11(15(17)25)18-13(23)7-21(3)16(26)12-5-4-6-20(12)2;1-7-3-5-8(9-2)6-4-7;1-4(3-7)6-5-2;2*1-4(2)3;1-3-2;1-2/h13-14,21H,3-12H2,1-2H3,(H,19,25);10-12H,4-9H2,1-3H3,(H2,17,25)(H,18,23);3-6H,1-2H3;3,5H,1-2H3;2*4H,1-3H3;3H2,1-2H3;1-2H3/b;;;6-4+;;;;. The molecule has 0 spiro atoms. The van der Waals surface area contributed by atoms with E-state index in [1.165, 1.54) is 37.9 Å². The predicted molar refractivity (Wildman–Crippen MR) is 322 cm³/mol. The molecule has 0 bridgehead atoms. The third-order valence-electron chi connectivity index (χ3n) is 10.3. The number of likely N-dealkylation sites (tertiary alicyclic amines) is 2. The first kappa shape index (κ1) is 84.3. The Morgan fingerprint density at radius 1 is 0.854 bits per heavy atom. The average Bonchev–Trinajstić information content (AvgIpc) is 4.13. The van der Waals surface area contributed by atoms with E-state index in [4.69, 9.17) is 19.9 Å². The number of rotatable bonds is 24. The number of carbonyl (C=O) groups is 10. The van der Waals surface area contributed by atoms with Crippen LogP contribution in [0.3, 0.4) is 0 Å². The molecule has 82 heavy (non-hydrogen) atoms. The number of ketones is 1. The first-order chi connectivity index (χ1) is 38.5. The minimum Gasteiger partial charge on any atom is -0.497 e. The molecular weight excluding hydrogens is 1060 g/mol. The van der Waals surface area contributed by atoms with Crippen LogP contribution in [0, 0.1) is 24.7 Å². The Bertz CT molecular complexity index is 1940. The van der Waals surface area contributed by atoms with Crippen LogP contribution in [0.1, 0.15) is 153 Å². The second-order valence-electron chi connectivity index (χ2n) is 20.5. The summed E-state index contributed by atoms with van der Waals surface area (Å²) in [5, 5.41) is 18.0. The fourth-order valence-electron chi connectivity index (χ4n) is 6.15. The Morgan fingerprint density at radius 2 is 1.39 bits per heavy atom. The lowest BCUT2D eigenvalue weighted by Gasteiger charge is -2.25. The highest BCUT2D eigenvalue weighted by Crippen LogP contribution is 2.16. The highest BCUT2D eigenvalue weighted by atomic mass is 16.5. The van der Waals surface area contributed by atoms with E-state index in [1.54, 1.807) is 26.0 Å². The first-order valence-electron chi connectivity index (χ1n) is 28.6. The summed E-state index contributed by atoms with van der Waals surface area (Å²) in [5.41, 5.74) is 9.40. The molecule has 2 fully saturated rings. The number of aliphatic hydroxyl groups excluding tert-OH is 1. The maximum absolute atomic E-state index is 12.4. The van der Waals surface area contributed by atoms with Crippen molar-refractivity contribution in [1.29, 1.82) is 0 Å². The SMILES string of the molecule is CC.CC(C)C.CC(C)C.CCC.CCCCC(O)CC(=O)OCC(=O)C(C)C(=O)NCC(=O)N1CCCC1.CN(C=O)CC(=O)OCC(NC(=O)CN(C)C(=O)C1CCCN1C)C(N)=O.CN/N=C(\C)C=O.COc1ccc(C)cc1. The van der Waals surface area contributed by atoms with E-state index < -0.39 is 66.7 Å². The summed E-state index contributed by atoms with van der Waals surface area (Å²) in [4.78, 5) is 121. The second-order valence-corrected chi connectivity index (χ2v) is 20.5. The molecule has 3 rings (SSSR count). The zero-order chi connectivity index (χ0) is 64.3. The van der Waals surface area contributed by atoms with Gasteiger partial charge in [-0.25, -0.2) is 0 Å². The molecule has 4 unspecified atom stereocenters. The Morgan fingerprint density at radius 3 is 1.82 bits per heavy atom. The molecule has 23 heteroatoms. The number of ether oxygens (including phenoxy) is 3. The number of hydrogen-bond acceptors (Lipinski definition) is 17. The summed E-state index contributed by atoms with van der Waals surface area (Å²) in [6.45, 7) is 28.9.